The van der Waals surface area contributed by atoms with Gasteiger partial charge in [0.2, 0.25) is 0 Å². The molecule has 1 N–H and O–H groups in total. The lowest BCUT2D eigenvalue weighted by molar-refractivity contribution is 0.200. The Hall–Kier alpha value is -2.47. The molecule has 2 fully saturated rings. The maximum Gasteiger partial charge on any atom is 0.132 e. The molecule has 1 aromatic heterocycles. The average molecular weight is 380 g/mol. The van der Waals surface area contributed by atoms with Gasteiger partial charge in [0.05, 0.1) is 11.4 Å². The number of piperazine rings is 1. The molecule has 0 atom stereocenters. The molecular weight excluding hydrogens is 350 g/mol. The van der Waals surface area contributed by atoms with E-state index in [1.54, 1.807) is 6.33 Å². The van der Waals surface area contributed by atoms with Crippen LogP contribution in [0.3, 0.4) is 0 Å². The van der Waals surface area contributed by atoms with Crippen LogP contribution in [0.5, 0.6) is 5.75 Å². The average Bonchev–Trinajstić information content (AvgIpc) is 3.45. The van der Waals surface area contributed by atoms with Gasteiger partial charge in [0.25, 0.3) is 0 Å². The molecule has 0 spiro atoms. The monoisotopic (exact) mass is 379 g/mol. The van der Waals surface area contributed by atoms with Gasteiger partial charge in [-0.3, -0.25) is 10.3 Å². The summed E-state index contributed by atoms with van der Waals surface area (Å²) >= 11 is 0. The minimum absolute atomic E-state index is 0.0250. The number of aromatic nitrogens is 2. The number of hydrogen-bond acceptors (Lipinski definition) is 6. The van der Waals surface area contributed by atoms with Gasteiger partial charge in [0.1, 0.15) is 23.5 Å². The lowest BCUT2D eigenvalue weighted by atomic mass is 10.1. The summed E-state index contributed by atoms with van der Waals surface area (Å²) < 4.78 is 6.05. The van der Waals surface area contributed by atoms with Gasteiger partial charge in [0, 0.05) is 37.8 Å². The zero-order valence-corrected chi connectivity index (χ0v) is 16.8. The molecule has 2 heterocycles. The molecule has 6 heteroatoms. The summed E-state index contributed by atoms with van der Waals surface area (Å²) in [6.07, 6.45) is 4.95. The fourth-order valence-electron chi connectivity index (χ4n) is 3.60. The molecule has 148 valence electrons. The van der Waals surface area contributed by atoms with Crippen molar-refractivity contribution in [3.63, 3.8) is 0 Å². The first-order valence-corrected chi connectivity index (χ1v) is 10.2. The standard InChI is InChI=1S/C22H29N5O/c1-3-9-26-10-12-27(13-11-26)20-15-19(24-16-25-20)21(23)17-5-4-6-18(14-17)28-22(2)7-8-22/h4-6,14-16,23H,3,7-13H2,1-2H3. The van der Waals surface area contributed by atoms with E-state index in [4.69, 9.17) is 10.1 Å². The Morgan fingerprint density at radius 2 is 1.93 bits per heavy atom. The van der Waals surface area contributed by atoms with Gasteiger partial charge in [-0.1, -0.05) is 19.1 Å². The molecule has 0 amide bonds. The van der Waals surface area contributed by atoms with Crippen molar-refractivity contribution in [2.45, 2.75) is 38.7 Å². The van der Waals surface area contributed by atoms with Crippen molar-refractivity contribution in [3.05, 3.63) is 47.9 Å². The number of nitrogens with zero attached hydrogens (tertiary/aromatic N) is 4. The van der Waals surface area contributed by atoms with Gasteiger partial charge in [-0.05, 0) is 44.9 Å². The quantitative estimate of drug-likeness (QED) is 0.748. The number of rotatable bonds is 7. The largest absolute Gasteiger partial charge is 0.488 e. The molecule has 1 saturated heterocycles. The van der Waals surface area contributed by atoms with Crippen molar-refractivity contribution in [3.8, 4) is 5.75 Å². The molecule has 1 aliphatic heterocycles. The Morgan fingerprint density at radius 3 is 2.64 bits per heavy atom. The second-order valence-corrected chi connectivity index (χ2v) is 8.04. The molecule has 1 saturated carbocycles. The Bertz CT molecular complexity index is 840. The normalized spacial score (nSPS) is 18.7. The van der Waals surface area contributed by atoms with Crippen LogP contribution in [0.4, 0.5) is 5.82 Å². The van der Waals surface area contributed by atoms with Crippen LogP contribution < -0.4 is 9.64 Å². The summed E-state index contributed by atoms with van der Waals surface area (Å²) in [6.45, 7) is 9.55. The molecular formula is C22H29N5O. The molecule has 1 aliphatic carbocycles. The summed E-state index contributed by atoms with van der Waals surface area (Å²) in [7, 11) is 0. The minimum atomic E-state index is -0.0250. The van der Waals surface area contributed by atoms with E-state index in [9.17, 15) is 0 Å². The lowest BCUT2D eigenvalue weighted by Gasteiger charge is -2.35. The molecule has 2 aliphatic rings. The van der Waals surface area contributed by atoms with Crippen molar-refractivity contribution >= 4 is 11.5 Å². The Morgan fingerprint density at radius 1 is 1.14 bits per heavy atom. The molecule has 6 nitrogen and oxygen atoms in total. The second-order valence-electron chi connectivity index (χ2n) is 8.04. The van der Waals surface area contributed by atoms with Crippen LogP contribution in [0.2, 0.25) is 0 Å². The highest BCUT2D eigenvalue weighted by Crippen LogP contribution is 2.39. The lowest BCUT2D eigenvalue weighted by Crippen LogP contribution is -2.46. The van der Waals surface area contributed by atoms with E-state index in [1.807, 2.05) is 30.3 Å². The van der Waals surface area contributed by atoms with Crippen LogP contribution >= 0.6 is 0 Å². The first kappa shape index (κ1) is 18.9. The highest BCUT2D eigenvalue weighted by molar-refractivity contribution is 6.10. The van der Waals surface area contributed by atoms with E-state index in [1.165, 1.54) is 6.42 Å². The summed E-state index contributed by atoms with van der Waals surface area (Å²) in [5, 5.41) is 8.64. The maximum atomic E-state index is 8.64. The van der Waals surface area contributed by atoms with Crippen molar-refractivity contribution in [1.82, 2.24) is 14.9 Å². The molecule has 1 aromatic carbocycles. The second kappa shape index (κ2) is 7.87. The van der Waals surface area contributed by atoms with Gasteiger partial charge in [0.15, 0.2) is 0 Å². The third-order valence-electron chi connectivity index (χ3n) is 5.59. The minimum Gasteiger partial charge on any atom is -0.488 e. The number of ether oxygens (including phenoxy) is 1. The van der Waals surface area contributed by atoms with E-state index in [-0.39, 0.29) is 5.60 Å². The van der Waals surface area contributed by atoms with Crippen molar-refractivity contribution < 1.29 is 4.74 Å². The third-order valence-corrected chi connectivity index (χ3v) is 5.59. The zero-order valence-electron chi connectivity index (χ0n) is 16.8. The summed E-state index contributed by atoms with van der Waals surface area (Å²) in [6, 6.07) is 9.72. The van der Waals surface area contributed by atoms with E-state index < -0.39 is 0 Å². The Kier molecular flexibility index (Phi) is 5.31. The van der Waals surface area contributed by atoms with Crippen LogP contribution in [-0.4, -0.2) is 58.9 Å². The third kappa shape index (κ3) is 4.33. The maximum absolute atomic E-state index is 8.64. The van der Waals surface area contributed by atoms with Crippen molar-refractivity contribution in [1.29, 1.82) is 5.41 Å². The van der Waals surface area contributed by atoms with Crippen LogP contribution in [0.1, 0.15) is 44.4 Å². The number of hydrogen-bond donors (Lipinski definition) is 1. The number of nitrogens with one attached hydrogen (secondary N) is 1. The molecule has 0 bridgehead atoms. The van der Waals surface area contributed by atoms with Crippen LogP contribution in [0, 0.1) is 5.41 Å². The van der Waals surface area contributed by atoms with Crippen LogP contribution in [0.25, 0.3) is 0 Å². The van der Waals surface area contributed by atoms with Crippen LogP contribution in [0.15, 0.2) is 36.7 Å². The zero-order chi connectivity index (χ0) is 19.6. The SMILES string of the molecule is CCCN1CCN(c2cc(C(=N)c3cccc(OC4(C)CC4)c3)ncn2)CC1. The predicted octanol–water partition coefficient (Wildman–Crippen LogP) is 3.36. The fraction of sp³-hybridized carbons (Fsp3) is 0.500. The highest BCUT2D eigenvalue weighted by atomic mass is 16.5. The van der Waals surface area contributed by atoms with E-state index in [2.05, 4.69) is 33.6 Å². The Labute approximate surface area is 167 Å². The molecule has 2 aromatic rings. The molecule has 0 radical (unpaired) electrons. The summed E-state index contributed by atoms with van der Waals surface area (Å²) in [5.41, 5.74) is 1.85. The highest BCUT2D eigenvalue weighted by Gasteiger charge is 2.40. The van der Waals surface area contributed by atoms with Gasteiger partial charge in [-0.15, -0.1) is 0 Å². The topological polar surface area (TPSA) is 65.3 Å². The number of anilines is 1. The molecule has 28 heavy (non-hydrogen) atoms. The predicted molar refractivity (Wildman–Crippen MR) is 112 cm³/mol. The number of benzene rings is 1. The van der Waals surface area contributed by atoms with Crippen molar-refractivity contribution in [2.24, 2.45) is 0 Å². The van der Waals surface area contributed by atoms with Gasteiger partial charge >= 0.3 is 0 Å². The smallest absolute Gasteiger partial charge is 0.132 e. The first-order chi connectivity index (χ1) is 13.6. The van der Waals surface area contributed by atoms with Crippen molar-refractivity contribution in [2.75, 3.05) is 37.6 Å². The van der Waals surface area contributed by atoms with Gasteiger partial charge < -0.3 is 9.64 Å². The fourth-order valence-corrected chi connectivity index (χ4v) is 3.60. The van der Waals surface area contributed by atoms with Crippen LogP contribution in [-0.2, 0) is 0 Å². The van der Waals surface area contributed by atoms with E-state index in [0.29, 0.717) is 11.4 Å². The molecule has 0 unspecified atom stereocenters. The summed E-state index contributed by atoms with van der Waals surface area (Å²) in [4.78, 5) is 13.6. The van der Waals surface area contributed by atoms with E-state index >= 15 is 0 Å². The van der Waals surface area contributed by atoms with E-state index in [0.717, 1.165) is 62.7 Å². The Balaban J connectivity index is 1.47. The first-order valence-electron chi connectivity index (χ1n) is 10.2. The van der Waals surface area contributed by atoms with Gasteiger partial charge in [-0.2, -0.15) is 0 Å². The molecule has 4 rings (SSSR count). The van der Waals surface area contributed by atoms with Gasteiger partial charge in [-0.25, -0.2) is 9.97 Å². The summed E-state index contributed by atoms with van der Waals surface area (Å²) in [5.74, 6) is 1.73.